The number of allylic oxidation sites excluding steroid dienone is 1. The van der Waals surface area contributed by atoms with Crippen LogP contribution in [0.2, 0.25) is 0 Å². The highest BCUT2D eigenvalue weighted by Gasteiger charge is 2.26. The number of H-pyrrole nitrogens is 1. The first kappa shape index (κ1) is 19.0. The molecule has 0 bridgehead atoms. The Bertz CT molecular complexity index is 926. The topological polar surface area (TPSA) is 94.7 Å². The Morgan fingerprint density at radius 2 is 1.77 bits per heavy atom. The normalized spacial score (nSPS) is 10.6. The minimum atomic E-state index is -0.743. The van der Waals surface area contributed by atoms with Gasteiger partial charge in [0, 0.05) is 24.0 Å². The molecule has 1 heterocycles. The van der Waals surface area contributed by atoms with Crippen LogP contribution in [-0.2, 0) is 4.74 Å². The Hall–Kier alpha value is -3.35. The average molecular weight is 357 g/mol. The molecule has 0 atom stereocenters. The van der Waals surface area contributed by atoms with Gasteiger partial charge in [0.15, 0.2) is 5.43 Å². The third-order valence-corrected chi connectivity index (χ3v) is 3.69. The fraction of sp³-hybridized carbons (Fsp3) is 0.211. The van der Waals surface area contributed by atoms with E-state index in [2.05, 4.69) is 4.98 Å². The highest BCUT2D eigenvalue weighted by atomic mass is 16.5. The summed E-state index contributed by atoms with van der Waals surface area (Å²) in [4.78, 5) is 40.3. The summed E-state index contributed by atoms with van der Waals surface area (Å²) in [5, 5.41) is 0. The van der Waals surface area contributed by atoms with Crippen LogP contribution in [0.5, 0.6) is 11.5 Å². The number of rotatable bonds is 6. The number of ketones is 1. The predicted octanol–water partition coefficient (Wildman–Crippen LogP) is 2.44. The lowest BCUT2D eigenvalue weighted by molar-refractivity contribution is 0.0596. The molecule has 0 unspecified atom stereocenters. The third kappa shape index (κ3) is 3.66. The van der Waals surface area contributed by atoms with Crippen molar-refractivity contribution in [3.8, 4) is 11.5 Å². The Labute approximate surface area is 150 Å². The molecule has 1 aromatic heterocycles. The molecule has 2 rings (SSSR count). The van der Waals surface area contributed by atoms with Crippen LogP contribution >= 0.6 is 0 Å². The number of aromatic amines is 1. The zero-order valence-corrected chi connectivity index (χ0v) is 14.9. The van der Waals surface area contributed by atoms with Crippen molar-refractivity contribution in [1.82, 2.24) is 4.98 Å². The standard InChI is InChI=1S/C19H19NO6/c1-5-6-11-7-15(21)14(10-20-11)18(22)17-13(19(23)26-4)8-12(24-2)9-16(17)25-3/h5-10H,1-4H3,(H,20,21). The van der Waals surface area contributed by atoms with E-state index in [1.807, 2.05) is 6.92 Å². The molecule has 2 aromatic rings. The molecule has 26 heavy (non-hydrogen) atoms. The van der Waals surface area contributed by atoms with Gasteiger partial charge in [-0.15, -0.1) is 0 Å². The lowest BCUT2D eigenvalue weighted by Crippen LogP contribution is -2.20. The number of hydrogen-bond acceptors (Lipinski definition) is 6. The number of pyridine rings is 1. The van der Waals surface area contributed by atoms with Crippen LogP contribution in [0, 0.1) is 0 Å². The van der Waals surface area contributed by atoms with Crippen molar-refractivity contribution in [2.45, 2.75) is 6.92 Å². The maximum Gasteiger partial charge on any atom is 0.338 e. The number of methoxy groups -OCH3 is 3. The van der Waals surface area contributed by atoms with Crippen LogP contribution in [0.25, 0.3) is 6.08 Å². The van der Waals surface area contributed by atoms with Gasteiger partial charge in [0.25, 0.3) is 0 Å². The van der Waals surface area contributed by atoms with Crippen molar-refractivity contribution in [3.05, 3.63) is 63.1 Å². The molecule has 0 aliphatic heterocycles. The fourth-order valence-electron chi connectivity index (χ4n) is 2.45. The molecule has 7 nitrogen and oxygen atoms in total. The zero-order chi connectivity index (χ0) is 19.3. The predicted molar refractivity (Wildman–Crippen MR) is 96.1 cm³/mol. The SMILES string of the molecule is CC=Cc1cc(=O)c(C(=O)c2c(OC)cc(OC)cc2C(=O)OC)c[nH]1. The van der Waals surface area contributed by atoms with Gasteiger partial charge in [-0.2, -0.15) is 0 Å². The van der Waals surface area contributed by atoms with Gasteiger partial charge in [-0.3, -0.25) is 9.59 Å². The molecule has 1 N–H and O–H groups in total. The maximum atomic E-state index is 13.0. The number of carbonyl (C=O) groups is 2. The van der Waals surface area contributed by atoms with E-state index in [1.165, 1.54) is 45.7 Å². The second-order valence-electron chi connectivity index (χ2n) is 5.24. The lowest BCUT2D eigenvalue weighted by Gasteiger charge is -2.14. The van der Waals surface area contributed by atoms with Gasteiger partial charge in [-0.05, 0) is 19.1 Å². The van der Waals surface area contributed by atoms with E-state index in [-0.39, 0.29) is 22.4 Å². The highest BCUT2D eigenvalue weighted by Crippen LogP contribution is 2.31. The molecule has 1 aromatic carbocycles. The zero-order valence-electron chi connectivity index (χ0n) is 14.9. The Balaban J connectivity index is 2.68. The van der Waals surface area contributed by atoms with E-state index in [0.717, 1.165) is 0 Å². The fourth-order valence-corrected chi connectivity index (χ4v) is 2.45. The van der Waals surface area contributed by atoms with Crippen molar-refractivity contribution < 1.29 is 23.8 Å². The summed E-state index contributed by atoms with van der Waals surface area (Å²) in [6.07, 6.45) is 4.77. The number of hydrogen-bond donors (Lipinski definition) is 1. The smallest absolute Gasteiger partial charge is 0.338 e. The van der Waals surface area contributed by atoms with Crippen molar-refractivity contribution in [2.24, 2.45) is 0 Å². The molecular formula is C19H19NO6. The number of nitrogens with one attached hydrogen (secondary N) is 1. The summed E-state index contributed by atoms with van der Waals surface area (Å²) in [6.45, 7) is 1.81. The summed E-state index contributed by atoms with van der Waals surface area (Å²) >= 11 is 0. The number of aromatic nitrogens is 1. The van der Waals surface area contributed by atoms with Crippen LogP contribution in [0.15, 0.2) is 35.3 Å². The summed E-state index contributed by atoms with van der Waals surface area (Å²) in [5.74, 6) is -0.978. The summed E-state index contributed by atoms with van der Waals surface area (Å²) in [5.41, 5.74) is -0.151. The molecule has 0 aliphatic rings. The monoisotopic (exact) mass is 357 g/mol. The molecule has 0 aliphatic carbocycles. The molecule has 136 valence electrons. The Kier molecular flexibility index (Phi) is 5.95. The second kappa shape index (κ2) is 8.15. The molecule has 0 amide bonds. The second-order valence-corrected chi connectivity index (χ2v) is 5.24. The van der Waals surface area contributed by atoms with Gasteiger partial charge in [0.1, 0.15) is 11.5 Å². The molecule has 7 heteroatoms. The van der Waals surface area contributed by atoms with Crippen molar-refractivity contribution in [2.75, 3.05) is 21.3 Å². The summed E-state index contributed by atoms with van der Waals surface area (Å²) in [7, 11) is 3.97. The average Bonchev–Trinajstić information content (AvgIpc) is 2.66. The minimum Gasteiger partial charge on any atom is -0.497 e. The van der Waals surface area contributed by atoms with E-state index in [0.29, 0.717) is 11.4 Å². The van der Waals surface area contributed by atoms with E-state index in [1.54, 1.807) is 12.2 Å². The van der Waals surface area contributed by atoms with E-state index >= 15 is 0 Å². The number of esters is 1. The molecule has 0 spiro atoms. The first-order valence-corrected chi connectivity index (χ1v) is 7.71. The van der Waals surface area contributed by atoms with Crippen LogP contribution in [0.4, 0.5) is 0 Å². The molecule has 0 saturated carbocycles. The van der Waals surface area contributed by atoms with Crippen LogP contribution in [-0.4, -0.2) is 38.1 Å². The quantitative estimate of drug-likeness (QED) is 0.630. The van der Waals surface area contributed by atoms with Gasteiger partial charge in [-0.1, -0.05) is 6.08 Å². The number of carbonyl (C=O) groups excluding carboxylic acids is 2. The maximum absolute atomic E-state index is 13.0. The Morgan fingerprint density at radius 1 is 1.04 bits per heavy atom. The molecule has 0 fully saturated rings. The van der Waals surface area contributed by atoms with Crippen molar-refractivity contribution >= 4 is 17.8 Å². The molecular weight excluding hydrogens is 338 g/mol. The first-order chi connectivity index (χ1) is 12.5. The van der Waals surface area contributed by atoms with Gasteiger partial charge >= 0.3 is 5.97 Å². The van der Waals surface area contributed by atoms with Gasteiger partial charge in [0.05, 0.1) is 38.0 Å². The van der Waals surface area contributed by atoms with Crippen LogP contribution in [0.3, 0.4) is 0 Å². The third-order valence-electron chi connectivity index (χ3n) is 3.69. The Morgan fingerprint density at radius 3 is 2.31 bits per heavy atom. The minimum absolute atomic E-state index is 0.0503. The van der Waals surface area contributed by atoms with Gasteiger partial charge in [0.2, 0.25) is 5.78 Å². The van der Waals surface area contributed by atoms with Gasteiger partial charge < -0.3 is 19.2 Å². The van der Waals surface area contributed by atoms with E-state index in [9.17, 15) is 14.4 Å². The summed E-state index contributed by atoms with van der Waals surface area (Å²) < 4.78 is 15.1. The van der Waals surface area contributed by atoms with E-state index in [4.69, 9.17) is 14.2 Å². The summed E-state index contributed by atoms with van der Waals surface area (Å²) in [6, 6.07) is 4.13. The molecule has 0 radical (unpaired) electrons. The largest absolute Gasteiger partial charge is 0.497 e. The van der Waals surface area contributed by atoms with Crippen molar-refractivity contribution in [1.29, 1.82) is 0 Å². The van der Waals surface area contributed by atoms with Crippen molar-refractivity contribution in [3.63, 3.8) is 0 Å². The lowest BCUT2D eigenvalue weighted by atomic mass is 9.97. The number of benzene rings is 1. The highest BCUT2D eigenvalue weighted by molar-refractivity contribution is 6.16. The number of ether oxygens (including phenoxy) is 3. The van der Waals surface area contributed by atoms with Crippen LogP contribution < -0.4 is 14.9 Å². The first-order valence-electron chi connectivity index (χ1n) is 7.71. The van der Waals surface area contributed by atoms with E-state index < -0.39 is 17.2 Å². The molecule has 0 saturated heterocycles. The van der Waals surface area contributed by atoms with Crippen LogP contribution in [0.1, 0.15) is 38.9 Å². The van der Waals surface area contributed by atoms with Gasteiger partial charge in [-0.25, -0.2) is 4.79 Å².